The molecule has 7 nitrogen and oxygen atoms in total. The van der Waals surface area contributed by atoms with Crippen LogP contribution < -0.4 is 14.9 Å². The van der Waals surface area contributed by atoms with Gasteiger partial charge in [0.05, 0.1) is 21.8 Å². The fourth-order valence-electron chi connectivity index (χ4n) is 3.81. The molecule has 0 radical (unpaired) electrons. The maximum absolute atomic E-state index is 13.5. The van der Waals surface area contributed by atoms with Crippen molar-refractivity contribution < 1.29 is 18.0 Å². The molecule has 4 aromatic rings. The number of rotatable bonds is 10. The Kier molecular flexibility index (Phi) is 9.14. The molecular formula is C29H26IN3O4S. The van der Waals surface area contributed by atoms with Gasteiger partial charge >= 0.3 is 0 Å². The number of amides is 2. The first-order valence-corrected chi connectivity index (χ1v) is 14.4. The lowest BCUT2D eigenvalue weighted by molar-refractivity contribution is -0.114. The lowest BCUT2D eigenvalue weighted by Gasteiger charge is -2.24. The molecule has 0 atom stereocenters. The third-order valence-electron chi connectivity index (χ3n) is 5.72. The molecule has 0 unspecified atom stereocenters. The van der Waals surface area contributed by atoms with Crippen LogP contribution in [0.15, 0.2) is 114 Å². The van der Waals surface area contributed by atoms with Gasteiger partial charge in [0.1, 0.15) is 6.54 Å². The van der Waals surface area contributed by atoms with Crippen LogP contribution in [-0.4, -0.2) is 33.3 Å². The topological polar surface area (TPSA) is 95.6 Å². The summed E-state index contributed by atoms with van der Waals surface area (Å²) in [7, 11) is -4.03. The van der Waals surface area contributed by atoms with Gasteiger partial charge in [0.25, 0.3) is 15.9 Å². The Morgan fingerprint density at radius 3 is 2.05 bits per heavy atom. The van der Waals surface area contributed by atoms with Crippen LogP contribution in [0.3, 0.4) is 0 Å². The van der Waals surface area contributed by atoms with Crippen LogP contribution in [0.2, 0.25) is 0 Å². The quantitative estimate of drug-likeness (QED) is 0.236. The number of carbonyl (C=O) groups excluding carboxylic acids is 2. The average Bonchev–Trinajstić information content (AvgIpc) is 2.93. The summed E-state index contributed by atoms with van der Waals surface area (Å²) in [6, 6.07) is 31.3. The molecule has 0 saturated carbocycles. The molecule has 0 aliphatic heterocycles. The fraction of sp³-hybridized carbons (Fsp3) is 0.103. The van der Waals surface area contributed by atoms with Crippen LogP contribution in [0.25, 0.3) is 0 Å². The van der Waals surface area contributed by atoms with E-state index in [1.54, 1.807) is 66.7 Å². The Balaban J connectivity index is 1.51. The molecule has 194 valence electrons. The summed E-state index contributed by atoms with van der Waals surface area (Å²) in [5, 5.41) is 5.61. The van der Waals surface area contributed by atoms with Crippen LogP contribution in [-0.2, 0) is 21.2 Å². The maximum Gasteiger partial charge on any atom is 0.264 e. The number of anilines is 2. The fourth-order valence-corrected chi connectivity index (χ4v) is 5.61. The van der Waals surface area contributed by atoms with E-state index in [1.165, 1.54) is 12.1 Å². The summed E-state index contributed by atoms with van der Waals surface area (Å²) < 4.78 is 29.0. The number of carbonyl (C=O) groups is 2. The highest BCUT2D eigenvalue weighted by molar-refractivity contribution is 14.1. The zero-order chi connectivity index (χ0) is 27.0. The van der Waals surface area contributed by atoms with E-state index in [9.17, 15) is 18.0 Å². The average molecular weight is 640 g/mol. The zero-order valence-electron chi connectivity index (χ0n) is 20.4. The van der Waals surface area contributed by atoms with Gasteiger partial charge < -0.3 is 10.6 Å². The minimum atomic E-state index is -4.03. The van der Waals surface area contributed by atoms with Gasteiger partial charge in [0, 0.05) is 10.1 Å². The Labute approximate surface area is 236 Å². The molecule has 0 saturated heterocycles. The van der Waals surface area contributed by atoms with Crippen molar-refractivity contribution in [1.29, 1.82) is 0 Å². The van der Waals surface area contributed by atoms with Crippen LogP contribution in [0.5, 0.6) is 0 Å². The van der Waals surface area contributed by atoms with E-state index in [2.05, 4.69) is 33.2 Å². The Morgan fingerprint density at radius 1 is 0.763 bits per heavy atom. The number of para-hydroxylation sites is 1. The van der Waals surface area contributed by atoms with E-state index in [4.69, 9.17) is 0 Å². The smallest absolute Gasteiger partial charge is 0.264 e. The Hall–Kier alpha value is -3.70. The van der Waals surface area contributed by atoms with Gasteiger partial charge in [0.15, 0.2) is 0 Å². The SMILES string of the molecule is O=C(CN(c1ccc(I)cc1)S(=O)(=O)c1ccccc1)Nc1ccccc1C(=O)NCCc1ccccc1. The lowest BCUT2D eigenvalue weighted by Crippen LogP contribution is -2.38. The van der Waals surface area contributed by atoms with Crippen molar-refractivity contribution in [3.05, 3.63) is 124 Å². The molecule has 0 spiro atoms. The lowest BCUT2D eigenvalue weighted by atomic mass is 10.1. The van der Waals surface area contributed by atoms with Gasteiger partial charge in [-0.3, -0.25) is 13.9 Å². The monoisotopic (exact) mass is 639 g/mol. The third kappa shape index (κ3) is 6.99. The van der Waals surface area contributed by atoms with E-state index in [-0.39, 0.29) is 10.8 Å². The largest absolute Gasteiger partial charge is 0.352 e. The molecule has 0 bridgehead atoms. The Morgan fingerprint density at radius 2 is 1.37 bits per heavy atom. The van der Waals surface area contributed by atoms with Crippen molar-refractivity contribution in [2.75, 3.05) is 22.7 Å². The molecule has 0 aliphatic rings. The Bertz CT molecular complexity index is 1500. The summed E-state index contributed by atoms with van der Waals surface area (Å²) in [6.07, 6.45) is 0.670. The van der Waals surface area contributed by atoms with E-state index in [1.807, 2.05) is 30.3 Å². The molecule has 4 rings (SSSR count). The van der Waals surface area contributed by atoms with Crippen molar-refractivity contribution in [2.24, 2.45) is 0 Å². The number of nitrogens with zero attached hydrogens (tertiary/aromatic N) is 1. The van der Waals surface area contributed by atoms with Crippen LogP contribution >= 0.6 is 22.6 Å². The predicted molar refractivity (Wildman–Crippen MR) is 158 cm³/mol. The van der Waals surface area contributed by atoms with Crippen LogP contribution in [0.4, 0.5) is 11.4 Å². The second-order valence-corrected chi connectivity index (χ2v) is 11.5. The number of benzene rings is 4. The first kappa shape index (κ1) is 27.3. The molecule has 38 heavy (non-hydrogen) atoms. The minimum Gasteiger partial charge on any atom is -0.352 e. The van der Waals surface area contributed by atoms with E-state index in [0.29, 0.717) is 29.9 Å². The van der Waals surface area contributed by atoms with Gasteiger partial charge in [-0.2, -0.15) is 0 Å². The second-order valence-electron chi connectivity index (χ2n) is 8.39. The van der Waals surface area contributed by atoms with Gasteiger partial charge in [-0.05, 0) is 83.1 Å². The summed E-state index contributed by atoms with van der Waals surface area (Å²) >= 11 is 2.13. The summed E-state index contributed by atoms with van der Waals surface area (Å²) in [5.74, 6) is -0.907. The highest BCUT2D eigenvalue weighted by Gasteiger charge is 2.27. The summed E-state index contributed by atoms with van der Waals surface area (Å²) in [6.45, 7) is -0.0389. The molecule has 4 aromatic carbocycles. The second kappa shape index (κ2) is 12.7. The number of hydrogen-bond donors (Lipinski definition) is 2. The molecule has 2 N–H and O–H groups in total. The van der Waals surface area contributed by atoms with Crippen molar-refractivity contribution >= 4 is 55.8 Å². The van der Waals surface area contributed by atoms with E-state index >= 15 is 0 Å². The van der Waals surface area contributed by atoms with Crippen molar-refractivity contribution in [3.63, 3.8) is 0 Å². The normalized spacial score (nSPS) is 11.0. The highest BCUT2D eigenvalue weighted by atomic mass is 127. The zero-order valence-corrected chi connectivity index (χ0v) is 23.4. The van der Waals surface area contributed by atoms with Gasteiger partial charge in [-0.1, -0.05) is 60.7 Å². The van der Waals surface area contributed by atoms with Crippen LogP contribution in [0.1, 0.15) is 15.9 Å². The molecular weight excluding hydrogens is 613 g/mol. The summed E-state index contributed by atoms with van der Waals surface area (Å²) in [5.41, 5.74) is 2.05. The number of nitrogens with one attached hydrogen (secondary N) is 2. The molecule has 0 aromatic heterocycles. The standard InChI is InChI=1S/C29H26IN3O4S/c30-23-15-17-24(18-16-23)33(38(36,37)25-11-5-2-6-12-25)21-28(34)32-27-14-8-7-13-26(27)29(35)31-20-19-22-9-3-1-4-10-22/h1-18H,19-21H2,(H,31,35)(H,32,34). The third-order valence-corrected chi connectivity index (χ3v) is 8.23. The molecule has 2 amide bonds. The van der Waals surface area contributed by atoms with E-state index in [0.717, 1.165) is 13.4 Å². The molecule has 9 heteroatoms. The molecule has 0 aliphatic carbocycles. The van der Waals surface area contributed by atoms with Crippen molar-refractivity contribution in [3.8, 4) is 0 Å². The van der Waals surface area contributed by atoms with Crippen molar-refractivity contribution in [1.82, 2.24) is 5.32 Å². The molecule has 0 heterocycles. The summed E-state index contributed by atoms with van der Waals surface area (Å²) in [4.78, 5) is 26.1. The van der Waals surface area contributed by atoms with E-state index < -0.39 is 22.5 Å². The van der Waals surface area contributed by atoms with Crippen LogP contribution in [0, 0.1) is 3.57 Å². The number of sulfonamides is 1. The first-order chi connectivity index (χ1) is 18.3. The van der Waals surface area contributed by atoms with Gasteiger partial charge in [-0.15, -0.1) is 0 Å². The van der Waals surface area contributed by atoms with Crippen molar-refractivity contribution in [2.45, 2.75) is 11.3 Å². The maximum atomic E-state index is 13.5. The number of halogens is 1. The highest BCUT2D eigenvalue weighted by Crippen LogP contribution is 2.25. The van der Waals surface area contributed by atoms with Gasteiger partial charge in [0.2, 0.25) is 5.91 Å². The van der Waals surface area contributed by atoms with Gasteiger partial charge in [-0.25, -0.2) is 8.42 Å². The molecule has 0 fully saturated rings. The number of hydrogen-bond acceptors (Lipinski definition) is 4. The predicted octanol–water partition coefficient (Wildman–Crippen LogP) is 5.10. The minimum absolute atomic E-state index is 0.0737. The first-order valence-electron chi connectivity index (χ1n) is 11.9.